The number of amides is 1. The summed E-state index contributed by atoms with van der Waals surface area (Å²) in [5, 5.41) is 5.86. The Morgan fingerprint density at radius 1 is 1.53 bits per heavy atom. The van der Waals surface area contributed by atoms with Crippen LogP contribution in [0.4, 0.5) is 0 Å². The number of hydrogen-bond acceptors (Lipinski definition) is 5. The van der Waals surface area contributed by atoms with E-state index in [1.165, 1.54) is 7.05 Å². The Bertz CT molecular complexity index is 383. The van der Waals surface area contributed by atoms with Crippen LogP contribution in [0.1, 0.15) is 33.5 Å². The van der Waals surface area contributed by atoms with Crippen LogP contribution < -0.4 is 5.32 Å². The maximum Gasteiger partial charge on any atom is 0.344 e. The molecule has 0 aliphatic heterocycles. The molecule has 0 saturated carbocycles. The van der Waals surface area contributed by atoms with E-state index in [2.05, 4.69) is 10.5 Å². The Morgan fingerprint density at radius 2 is 2.20 bits per heavy atom. The number of ether oxygens (including phenoxy) is 1. The topological polar surface area (TPSA) is 81.4 Å². The second-order valence-electron chi connectivity index (χ2n) is 2.76. The summed E-state index contributed by atoms with van der Waals surface area (Å²) in [6.07, 6.45) is 0. The molecule has 1 rings (SSSR count). The minimum atomic E-state index is -0.602. The molecule has 82 valence electrons. The maximum atomic E-state index is 11.5. The van der Waals surface area contributed by atoms with Crippen LogP contribution in [0.5, 0.6) is 0 Å². The van der Waals surface area contributed by atoms with Crippen LogP contribution >= 0.6 is 0 Å². The van der Waals surface area contributed by atoms with Crippen molar-refractivity contribution in [1.29, 1.82) is 0 Å². The summed E-state index contributed by atoms with van der Waals surface area (Å²) in [4.78, 5) is 22.8. The molecule has 6 nitrogen and oxygen atoms in total. The fraction of sp³-hybridized carbons (Fsp3) is 0.444. The molecule has 0 aliphatic rings. The van der Waals surface area contributed by atoms with Gasteiger partial charge in [0.25, 0.3) is 5.91 Å². The van der Waals surface area contributed by atoms with E-state index in [-0.39, 0.29) is 23.6 Å². The van der Waals surface area contributed by atoms with Crippen molar-refractivity contribution < 1.29 is 18.8 Å². The predicted octanol–water partition coefficient (Wildman–Crippen LogP) is 0.519. The summed E-state index contributed by atoms with van der Waals surface area (Å²) in [7, 11) is 1.45. The van der Waals surface area contributed by atoms with Crippen LogP contribution in [-0.4, -0.2) is 30.7 Å². The van der Waals surface area contributed by atoms with Gasteiger partial charge < -0.3 is 14.6 Å². The van der Waals surface area contributed by atoms with Gasteiger partial charge in [-0.2, -0.15) is 0 Å². The third-order valence-electron chi connectivity index (χ3n) is 1.78. The molecule has 0 aromatic carbocycles. The number of esters is 1. The van der Waals surface area contributed by atoms with E-state index in [0.717, 1.165) is 0 Å². The zero-order chi connectivity index (χ0) is 11.4. The van der Waals surface area contributed by atoms with Gasteiger partial charge >= 0.3 is 5.97 Å². The van der Waals surface area contributed by atoms with Gasteiger partial charge in [0, 0.05) is 7.05 Å². The number of aromatic nitrogens is 1. The summed E-state index contributed by atoms with van der Waals surface area (Å²) in [6, 6.07) is 0. The Balaban J connectivity index is 3.09. The van der Waals surface area contributed by atoms with E-state index in [1.807, 2.05) is 0 Å². The van der Waals surface area contributed by atoms with E-state index in [9.17, 15) is 9.59 Å². The van der Waals surface area contributed by atoms with E-state index in [0.29, 0.717) is 0 Å². The molecule has 1 aromatic rings. The van der Waals surface area contributed by atoms with Gasteiger partial charge in [-0.15, -0.1) is 0 Å². The molecule has 0 saturated heterocycles. The molecule has 0 spiro atoms. The zero-order valence-electron chi connectivity index (χ0n) is 8.79. The molecule has 0 atom stereocenters. The monoisotopic (exact) mass is 212 g/mol. The van der Waals surface area contributed by atoms with Crippen LogP contribution in [-0.2, 0) is 4.74 Å². The number of nitrogens with zero attached hydrogens (tertiary/aromatic N) is 1. The lowest BCUT2D eigenvalue weighted by atomic mass is 10.2. The summed E-state index contributed by atoms with van der Waals surface area (Å²) >= 11 is 0. The molecule has 15 heavy (non-hydrogen) atoms. The molecule has 1 aromatic heterocycles. The SMILES string of the molecule is CCOC(=O)c1c(C(=O)NC)noc1C. The van der Waals surface area contributed by atoms with Crippen LogP contribution in [0.15, 0.2) is 4.52 Å². The number of carbonyl (C=O) groups is 2. The van der Waals surface area contributed by atoms with E-state index >= 15 is 0 Å². The lowest BCUT2D eigenvalue weighted by molar-refractivity contribution is 0.0521. The molecule has 0 bridgehead atoms. The van der Waals surface area contributed by atoms with E-state index in [1.54, 1.807) is 13.8 Å². The molecular weight excluding hydrogens is 200 g/mol. The van der Waals surface area contributed by atoms with Crippen molar-refractivity contribution in [2.75, 3.05) is 13.7 Å². The van der Waals surface area contributed by atoms with Gasteiger partial charge in [0.1, 0.15) is 11.3 Å². The minimum Gasteiger partial charge on any atom is -0.462 e. The summed E-state index contributed by atoms with van der Waals surface area (Å²) in [5.74, 6) is -0.809. The lowest BCUT2D eigenvalue weighted by Gasteiger charge is -2.00. The van der Waals surface area contributed by atoms with Crippen LogP contribution in [0.3, 0.4) is 0 Å². The molecule has 0 fully saturated rings. The minimum absolute atomic E-state index is 0.0477. The third-order valence-corrected chi connectivity index (χ3v) is 1.78. The van der Waals surface area contributed by atoms with Gasteiger partial charge in [-0.3, -0.25) is 4.79 Å². The van der Waals surface area contributed by atoms with E-state index < -0.39 is 11.9 Å². The normalized spacial score (nSPS) is 9.80. The quantitative estimate of drug-likeness (QED) is 0.738. The first-order chi connectivity index (χ1) is 7.11. The lowest BCUT2D eigenvalue weighted by Crippen LogP contribution is -2.21. The number of carbonyl (C=O) groups excluding carboxylic acids is 2. The molecule has 0 aliphatic carbocycles. The fourth-order valence-corrected chi connectivity index (χ4v) is 1.09. The average molecular weight is 212 g/mol. The standard InChI is InChI=1S/C9H12N2O4/c1-4-14-9(13)6-5(2)15-11-7(6)8(12)10-3/h4H2,1-3H3,(H,10,12). The first-order valence-electron chi connectivity index (χ1n) is 4.47. The van der Waals surface area contributed by atoms with Crippen molar-refractivity contribution in [3.05, 3.63) is 17.0 Å². The second-order valence-corrected chi connectivity index (χ2v) is 2.76. The van der Waals surface area contributed by atoms with Gasteiger partial charge in [0.15, 0.2) is 5.69 Å². The van der Waals surface area contributed by atoms with Crippen molar-refractivity contribution in [2.24, 2.45) is 0 Å². The van der Waals surface area contributed by atoms with Gasteiger partial charge in [-0.25, -0.2) is 4.79 Å². The molecule has 6 heteroatoms. The molecule has 1 N–H and O–H groups in total. The number of aryl methyl sites for hydroxylation is 1. The summed E-state index contributed by atoms with van der Waals surface area (Å²) in [6.45, 7) is 3.46. The molecule has 0 radical (unpaired) electrons. The first kappa shape index (κ1) is 11.2. The third kappa shape index (κ3) is 2.15. The Labute approximate surface area is 86.6 Å². The predicted molar refractivity (Wildman–Crippen MR) is 50.6 cm³/mol. The van der Waals surface area contributed by atoms with Crippen LogP contribution in [0.2, 0.25) is 0 Å². The number of rotatable bonds is 3. The van der Waals surface area contributed by atoms with Crippen molar-refractivity contribution in [2.45, 2.75) is 13.8 Å². The van der Waals surface area contributed by atoms with E-state index in [4.69, 9.17) is 9.26 Å². The van der Waals surface area contributed by atoms with Crippen molar-refractivity contribution in [3.63, 3.8) is 0 Å². The first-order valence-corrected chi connectivity index (χ1v) is 4.47. The fourth-order valence-electron chi connectivity index (χ4n) is 1.09. The molecule has 1 amide bonds. The Morgan fingerprint density at radius 3 is 2.73 bits per heavy atom. The van der Waals surface area contributed by atoms with Crippen LogP contribution in [0, 0.1) is 6.92 Å². The summed E-state index contributed by atoms with van der Waals surface area (Å²) < 4.78 is 9.56. The largest absolute Gasteiger partial charge is 0.462 e. The van der Waals surface area contributed by atoms with Gasteiger partial charge in [-0.05, 0) is 13.8 Å². The second kappa shape index (κ2) is 4.59. The average Bonchev–Trinajstić information content (AvgIpc) is 2.59. The van der Waals surface area contributed by atoms with Gasteiger partial charge in [-0.1, -0.05) is 5.16 Å². The number of hydrogen-bond donors (Lipinski definition) is 1. The van der Waals surface area contributed by atoms with Crippen molar-refractivity contribution in [1.82, 2.24) is 10.5 Å². The van der Waals surface area contributed by atoms with Crippen molar-refractivity contribution in [3.8, 4) is 0 Å². The highest BCUT2D eigenvalue weighted by atomic mass is 16.5. The van der Waals surface area contributed by atoms with Gasteiger partial charge in [0.05, 0.1) is 6.61 Å². The molecular formula is C9H12N2O4. The highest BCUT2D eigenvalue weighted by Crippen LogP contribution is 2.14. The highest BCUT2D eigenvalue weighted by Gasteiger charge is 2.25. The number of nitrogens with one attached hydrogen (secondary N) is 1. The maximum absolute atomic E-state index is 11.5. The van der Waals surface area contributed by atoms with Crippen LogP contribution in [0.25, 0.3) is 0 Å². The Hall–Kier alpha value is -1.85. The highest BCUT2D eigenvalue weighted by molar-refractivity contribution is 6.04. The van der Waals surface area contributed by atoms with Crippen molar-refractivity contribution >= 4 is 11.9 Å². The smallest absolute Gasteiger partial charge is 0.344 e. The molecule has 0 unspecified atom stereocenters. The molecule has 1 heterocycles. The zero-order valence-corrected chi connectivity index (χ0v) is 8.79. The summed E-state index contributed by atoms with van der Waals surface area (Å²) in [5.41, 5.74) is 0.0321. The van der Waals surface area contributed by atoms with Gasteiger partial charge in [0.2, 0.25) is 0 Å². The Kier molecular flexibility index (Phi) is 3.43.